The van der Waals surface area contributed by atoms with Gasteiger partial charge in [-0.15, -0.1) is 0 Å². The van der Waals surface area contributed by atoms with E-state index in [1.54, 1.807) is 6.08 Å². The third-order valence-electron chi connectivity index (χ3n) is 4.00. The van der Waals surface area contributed by atoms with Gasteiger partial charge in [-0.25, -0.2) is 0 Å². The van der Waals surface area contributed by atoms with Crippen LogP contribution in [0.3, 0.4) is 0 Å². The number of aliphatic hydroxyl groups is 1. The minimum absolute atomic E-state index is 0.678. The van der Waals surface area contributed by atoms with Gasteiger partial charge in [0, 0.05) is 13.1 Å². The maximum absolute atomic E-state index is 11.1. The molecule has 112 valence electrons. The van der Waals surface area contributed by atoms with Crippen molar-refractivity contribution in [2.45, 2.75) is 12.1 Å². The summed E-state index contributed by atoms with van der Waals surface area (Å²) in [6.07, 6.45) is 1.57. The smallest absolute Gasteiger partial charge is 0.165 e. The van der Waals surface area contributed by atoms with Crippen LogP contribution in [0.1, 0.15) is 11.1 Å². The number of hydrogen-bond donors (Lipinski definition) is 1. The Labute approximate surface area is 131 Å². The van der Waals surface area contributed by atoms with Gasteiger partial charge in [-0.2, -0.15) is 0 Å². The van der Waals surface area contributed by atoms with E-state index in [2.05, 4.69) is 28.6 Å². The Hall–Kier alpha value is -2.39. The van der Waals surface area contributed by atoms with E-state index in [9.17, 15) is 5.11 Å². The lowest BCUT2D eigenvalue weighted by Crippen LogP contribution is -2.43. The fourth-order valence-electron chi connectivity index (χ4n) is 2.83. The van der Waals surface area contributed by atoms with E-state index in [4.69, 9.17) is 0 Å². The molecule has 0 aliphatic carbocycles. The molecule has 0 radical (unpaired) electrons. The molecule has 1 atom stereocenters. The van der Waals surface area contributed by atoms with Gasteiger partial charge < -0.3 is 10.0 Å². The van der Waals surface area contributed by atoms with Crippen molar-refractivity contribution in [2.24, 2.45) is 4.99 Å². The van der Waals surface area contributed by atoms with Gasteiger partial charge in [-0.05, 0) is 17.2 Å². The summed E-state index contributed by atoms with van der Waals surface area (Å²) in [7, 11) is 0. The largest absolute Gasteiger partial charge is 0.374 e. The lowest BCUT2D eigenvalue weighted by Gasteiger charge is -2.32. The molecule has 0 saturated heterocycles. The number of rotatable bonds is 5. The molecule has 2 aromatic carbocycles. The van der Waals surface area contributed by atoms with Crippen molar-refractivity contribution in [3.63, 3.8) is 0 Å². The zero-order valence-corrected chi connectivity index (χ0v) is 12.5. The molecule has 1 N–H and O–H groups in total. The standard InChI is InChI=1S/C19H20N2O/c1-2-19(22,17-11-7-4-8-12-17)18-20-13-14-21(18)15-16-9-5-3-6-10-16/h2-12,22H,1,13-15H2. The first-order valence-electron chi connectivity index (χ1n) is 7.49. The molecule has 0 bridgehead atoms. The summed E-state index contributed by atoms with van der Waals surface area (Å²) in [5.74, 6) is 0.678. The number of amidine groups is 1. The first-order chi connectivity index (χ1) is 10.7. The molecule has 0 spiro atoms. The molecule has 0 fully saturated rings. The summed E-state index contributed by atoms with van der Waals surface area (Å²) >= 11 is 0. The minimum atomic E-state index is -1.24. The molecular weight excluding hydrogens is 272 g/mol. The quantitative estimate of drug-likeness (QED) is 0.860. The Bertz CT molecular complexity index is 666. The predicted octanol–water partition coefficient (Wildman–Crippen LogP) is 2.97. The average molecular weight is 292 g/mol. The molecule has 3 rings (SSSR count). The van der Waals surface area contributed by atoms with Crippen LogP contribution in [-0.4, -0.2) is 28.9 Å². The van der Waals surface area contributed by atoms with Crippen molar-refractivity contribution in [2.75, 3.05) is 13.1 Å². The van der Waals surface area contributed by atoms with E-state index in [1.807, 2.05) is 48.5 Å². The predicted molar refractivity (Wildman–Crippen MR) is 89.7 cm³/mol. The summed E-state index contributed by atoms with van der Waals surface area (Å²) < 4.78 is 0. The van der Waals surface area contributed by atoms with E-state index in [0.717, 1.165) is 18.7 Å². The molecule has 1 aliphatic rings. The average Bonchev–Trinajstić information content (AvgIpc) is 3.04. The lowest BCUT2D eigenvalue weighted by atomic mass is 9.92. The fourth-order valence-corrected chi connectivity index (χ4v) is 2.83. The summed E-state index contributed by atoms with van der Waals surface area (Å²) in [6.45, 7) is 6.09. The van der Waals surface area contributed by atoms with Crippen molar-refractivity contribution in [3.8, 4) is 0 Å². The van der Waals surface area contributed by atoms with Gasteiger partial charge in [0.15, 0.2) is 5.60 Å². The van der Waals surface area contributed by atoms with E-state index < -0.39 is 5.60 Å². The maximum Gasteiger partial charge on any atom is 0.165 e. The number of aliphatic imine (C=N–C) groups is 1. The molecule has 3 nitrogen and oxygen atoms in total. The van der Waals surface area contributed by atoms with E-state index in [1.165, 1.54) is 5.56 Å². The Morgan fingerprint density at radius 3 is 2.36 bits per heavy atom. The summed E-state index contributed by atoms with van der Waals surface area (Å²) in [6, 6.07) is 19.8. The molecule has 22 heavy (non-hydrogen) atoms. The van der Waals surface area contributed by atoms with Crippen LogP contribution in [0.4, 0.5) is 0 Å². The van der Waals surface area contributed by atoms with Crippen LogP contribution in [0.25, 0.3) is 0 Å². The third kappa shape index (κ3) is 2.68. The van der Waals surface area contributed by atoms with Gasteiger partial charge in [0.25, 0.3) is 0 Å². The highest BCUT2D eigenvalue weighted by Crippen LogP contribution is 2.28. The van der Waals surface area contributed by atoms with Gasteiger partial charge in [-0.1, -0.05) is 67.2 Å². The van der Waals surface area contributed by atoms with E-state index in [-0.39, 0.29) is 0 Å². The van der Waals surface area contributed by atoms with Crippen LogP contribution >= 0.6 is 0 Å². The Morgan fingerprint density at radius 2 is 1.73 bits per heavy atom. The lowest BCUT2D eigenvalue weighted by molar-refractivity contribution is 0.148. The van der Waals surface area contributed by atoms with Gasteiger partial charge in [0.2, 0.25) is 0 Å². The second kappa shape index (κ2) is 6.16. The molecule has 1 unspecified atom stereocenters. The minimum Gasteiger partial charge on any atom is -0.374 e. The second-order valence-corrected chi connectivity index (χ2v) is 5.45. The third-order valence-corrected chi connectivity index (χ3v) is 4.00. The molecule has 0 saturated carbocycles. The zero-order valence-electron chi connectivity index (χ0n) is 12.5. The zero-order chi connectivity index (χ0) is 15.4. The normalized spacial score (nSPS) is 17.0. The maximum atomic E-state index is 11.1. The van der Waals surface area contributed by atoms with Crippen LogP contribution in [0.5, 0.6) is 0 Å². The van der Waals surface area contributed by atoms with E-state index >= 15 is 0 Å². The SMILES string of the molecule is C=CC(O)(C1=NCCN1Cc1ccccc1)c1ccccc1. The molecule has 1 aliphatic heterocycles. The van der Waals surface area contributed by atoms with Crippen molar-refractivity contribution in [3.05, 3.63) is 84.4 Å². The van der Waals surface area contributed by atoms with Crippen molar-refractivity contribution in [1.29, 1.82) is 0 Å². The van der Waals surface area contributed by atoms with Crippen LogP contribution in [0.2, 0.25) is 0 Å². The summed E-state index contributed by atoms with van der Waals surface area (Å²) in [5.41, 5.74) is 0.757. The Balaban J connectivity index is 1.90. The van der Waals surface area contributed by atoms with Crippen molar-refractivity contribution in [1.82, 2.24) is 4.90 Å². The number of nitrogens with zero attached hydrogens (tertiary/aromatic N) is 2. The van der Waals surface area contributed by atoms with Gasteiger partial charge in [-0.3, -0.25) is 4.99 Å². The molecule has 0 amide bonds. The van der Waals surface area contributed by atoms with E-state index in [0.29, 0.717) is 12.4 Å². The van der Waals surface area contributed by atoms with Gasteiger partial charge in [0.1, 0.15) is 5.84 Å². The summed E-state index contributed by atoms with van der Waals surface area (Å²) in [5, 5.41) is 11.1. The first-order valence-corrected chi connectivity index (χ1v) is 7.49. The van der Waals surface area contributed by atoms with Gasteiger partial charge >= 0.3 is 0 Å². The fraction of sp³-hybridized carbons (Fsp3) is 0.211. The monoisotopic (exact) mass is 292 g/mol. The topological polar surface area (TPSA) is 35.8 Å². The Morgan fingerprint density at radius 1 is 1.09 bits per heavy atom. The Kier molecular flexibility index (Phi) is 4.07. The highest BCUT2D eigenvalue weighted by molar-refractivity contribution is 5.94. The first kappa shape index (κ1) is 14.5. The van der Waals surface area contributed by atoms with Crippen LogP contribution in [0.15, 0.2) is 78.3 Å². The van der Waals surface area contributed by atoms with Crippen LogP contribution < -0.4 is 0 Å². The second-order valence-electron chi connectivity index (χ2n) is 5.45. The molecule has 0 aromatic heterocycles. The van der Waals surface area contributed by atoms with Gasteiger partial charge in [0.05, 0.1) is 6.54 Å². The molecule has 3 heteroatoms. The molecule has 1 heterocycles. The number of hydrogen-bond acceptors (Lipinski definition) is 3. The molecule has 2 aromatic rings. The van der Waals surface area contributed by atoms with Crippen molar-refractivity contribution < 1.29 is 5.11 Å². The number of benzene rings is 2. The summed E-state index contributed by atoms with van der Waals surface area (Å²) in [4.78, 5) is 6.68. The van der Waals surface area contributed by atoms with Crippen molar-refractivity contribution >= 4 is 5.84 Å². The van der Waals surface area contributed by atoms with Crippen LogP contribution in [-0.2, 0) is 12.1 Å². The highest BCUT2D eigenvalue weighted by Gasteiger charge is 2.37. The van der Waals surface area contributed by atoms with Crippen LogP contribution in [0, 0.1) is 0 Å². The highest BCUT2D eigenvalue weighted by atomic mass is 16.3. The molecular formula is C19H20N2O.